The molecule has 0 heterocycles. The molecule has 0 atom stereocenters. The molecular formula is C12H22O2. The third kappa shape index (κ3) is 3.00. The van der Waals surface area contributed by atoms with Gasteiger partial charge in [-0.1, -0.05) is 20.3 Å². The first-order valence-corrected chi connectivity index (χ1v) is 5.84. The second-order valence-corrected chi connectivity index (χ2v) is 4.68. The van der Waals surface area contributed by atoms with Crippen molar-refractivity contribution in [2.24, 2.45) is 5.92 Å². The molecule has 0 spiro atoms. The first kappa shape index (κ1) is 11.5. The van der Waals surface area contributed by atoms with Crippen LogP contribution in [0.1, 0.15) is 58.8 Å². The van der Waals surface area contributed by atoms with E-state index in [0.717, 1.165) is 25.2 Å². The molecule has 0 aromatic heterocycles. The summed E-state index contributed by atoms with van der Waals surface area (Å²) in [6.07, 6.45) is 7.94. The molecule has 14 heavy (non-hydrogen) atoms. The minimum Gasteiger partial charge on any atom is -0.461 e. The number of carbonyl (C=O) groups is 1. The number of hydrogen-bond donors (Lipinski definition) is 0. The number of hydrogen-bond acceptors (Lipinski definition) is 2. The Balaban J connectivity index is 2.48. The summed E-state index contributed by atoms with van der Waals surface area (Å²) in [6.45, 7) is 5.11. The van der Waals surface area contributed by atoms with Crippen LogP contribution in [0.3, 0.4) is 0 Å². The van der Waals surface area contributed by atoms with Crippen molar-refractivity contribution in [3.8, 4) is 0 Å². The van der Waals surface area contributed by atoms with Gasteiger partial charge in [-0.15, -0.1) is 0 Å². The zero-order valence-corrected chi connectivity index (χ0v) is 9.42. The van der Waals surface area contributed by atoms with Crippen molar-refractivity contribution in [3.05, 3.63) is 0 Å². The Labute approximate surface area is 87.0 Å². The minimum atomic E-state index is -0.107. The largest absolute Gasteiger partial charge is 0.461 e. The lowest BCUT2D eigenvalue weighted by atomic mass is 9.77. The van der Waals surface area contributed by atoms with Crippen LogP contribution in [0.25, 0.3) is 0 Å². The molecule has 0 aromatic rings. The quantitative estimate of drug-likeness (QED) is 0.633. The average molecular weight is 198 g/mol. The van der Waals surface area contributed by atoms with E-state index in [0.29, 0.717) is 6.47 Å². The van der Waals surface area contributed by atoms with E-state index < -0.39 is 0 Å². The maximum absolute atomic E-state index is 10.5. The van der Waals surface area contributed by atoms with Gasteiger partial charge < -0.3 is 4.74 Å². The van der Waals surface area contributed by atoms with Crippen LogP contribution in [0, 0.1) is 5.92 Å². The Morgan fingerprint density at radius 2 is 2.07 bits per heavy atom. The molecule has 0 unspecified atom stereocenters. The second-order valence-electron chi connectivity index (χ2n) is 4.68. The number of unbranched alkanes of at least 4 members (excludes halogenated alkanes) is 1. The third-order valence-electron chi connectivity index (χ3n) is 3.47. The van der Waals surface area contributed by atoms with Crippen LogP contribution in [-0.4, -0.2) is 12.1 Å². The van der Waals surface area contributed by atoms with E-state index in [1.165, 1.54) is 25.7 Å². The first-order valence-electron chi connectivity index (χ1n) is 5.84. The lowest BCUT2D eigenvalue weighted by Gasteiger charge is -2.37. The molecule has 2 nitrogen and oxygen atoms in total. The van der Waals surface area contributed by atoms with Crippen LogP contribution in [0.15, 0.2) is 0 Å². The van der Waals surface area contributed by atoms with Gasteiger partial charge in [-0.25, -0.2) is 0 Å². The number of ether oxygens (including phenoxy) is 1. The van der Waals surface area contributed by atoms with Crippen LogP contribution < -0.4 is 0 Å². The minimum absolute atomic E-state index is 0.107. The van der Waals surface area contributed by atoms with Crippen LogP contribution in [0.2, 0.25) is 0 Å². The van der Waals surface area contributed by atoms with Crippen LogP contribution in [0.5, 0.6) is 0 Å². The van der Waals surface area contributed by atoms with E-state index in [2.05, 4.69) is 13.8 Å². The van der Waals surface area contributed by atoms with Gasteiger partial charge in [0.15, 0.2) is 0 Å². The first-order chi connectivity index (χ1) is 6.72. The molecule has 1 aliphatic rings. The Morgan fingerprint density at radius 1 is 1.43 bits per heavy atom. The Hall–Kier alpha value is -0.530. The van der Waals surface area contributed by atoms with Crippen molar-refractivity contribution in [1.29, 1.82) is 0 Å². The van der Waals surface area contributed by atoms with Crippen molar-refractivity contribution in [1.82, 2.24) is 0 Å². The van der Waals surface area contributed by atoms with Gasteiger partial charge in [0.2, 0.25) is 0 Å². The monoisotopic (exact) mass is 198 g/mol. The van der Waals surface area contributed by atoms with Gasteiger partial charge in [0.1, 0.15) is 5.60 Å². The molecule has 1 aliphatic carbocycles. The van der Waals surface area contributed by atoms with Crippen LogP contribution in [-0.2, 0) is 9.53 Å². The summed E-state index contributed by atoms with van der Waals surface area (Å²) >= 11 is 0. The molecule has 1 rings (SSSR count). The van der Waals surface area contributed by atoms with Crippen molar-refractivity contribution >= 4 is 6.47 Å². The Bertz CT molecular complexity index is 164. The number of carbonyl (C=O) groups excluding carboxylic acids is 1. The fraction of sp³-hybridized carbons (Fsp3) is 0.917. The Kier molecular flexibility index (Phi) is 4.43. The van der Waals surface area contributed by atoms with Crippen molar-refractivity contribution in [3.63, 3.8) is 0 Å². The van der Waals surface area contributed by atoms with Crippen LogP contribution >= 0.6 is 0 Å². The van der Waals surface area contributed by atoms with Crippen molar-refractivity contribution in [2.75, 3.05) is 0 Å². The lowest BCUT2D eigenvalue weighted by molar-refractivity contribution is -0.149. The summed E-state index contributed by atoms with van der Waals surface area (Å²) in [4.78, 5) is 10.5. The average Bonchev–Trinajstić information content (AvgIpc) is 2.20. The Morgan fingerprint density at radius 3 is 2.57 bits per heavy atom. The van der Waals surface area contributed by atoms with Gasteiger partial charge >= 0.3 is 0 Å². The molecule has 2 heteroatoms. The molecule has 0 N–H and O–H groups in total. The molecule has 82 valence electrons. The highest BCUT2D eigenvalue weighted by atomic mass is 16.5. The van der Waals surface area contributed by atoms with E-state index in [1.807, 2.05) is 0 Å². The topological polar surface area (TPSA) is 26.3 Å². The summed E-state index contributed by atoms with van der Waals surface area (Å²) in [5.41, 5.74) is -0.107. The standard InChI is InChI=1S/C12H22O2/c1-3-4-7-12(14-10-13)8-5-11(2)6-9-12/h10-11H,3-9H2,1-2H3. The molecule has 0 amide bonds. The normalized spacial score (nSPS) is 32.6. The SMILES string of the molecule is CCCCC1(OC=O)CCC(C)CC1. The predicted molar refractivity (Wildman–Crippen MR) is 57.0 cm³/mol. The highest BCUT2D eigenvalue weighted by Gasteiger charge is 2.35. The third-order valence-corrected chi connectivity index (χ3v) is 3.47. The van der Waals surface area contributed by atoms with Gasteiger partial charge in [-0.05, 0) is 44.4 Å². The summed E-state index contributed by atoms with van der Waals surface area (Å²) in [6, 6.07) is 0. The zero-order valence-electron chi connectivity index (χ0n) is 9.42. The van der Waals surface area contributed by atoms with Gasteiger partial charge in [0, 0.05) is 0 Å². The van der Waals surface area contributed by atoms with Crippen molar-refractivity contribution in [2.45, 2.75) is 64.4 Å². The second kappa shape index (κ2) is 5.38. The van der Waals surface area contributed by atoms with Gasteiger partial charge in [-0.3, -0.25) is 4.79 Å². The highest BCUT2D eigenvalue weighted by Crippen LogP contribution is 2.37. The maximum Gasteiger partial charge on any atom is 0.293 e. The summed E-state index contributed by atoms with van der Waals surface area (Å²) in [7, 11) is 0. The molecule has 1 fully saturated rings. The smallest absolute Gasteiger partial charge is 0.293 e. The predicted octanol–water partition coefficient (Wildman–Crippen LogP) is 3.30. The molecule has 0 radical (unpaired) electrons. The van der Waals surface area contributed by atoms with E-state index in [-0.39, 0.29) is 5.60 Å². The molecule has 0 aliphatic heterocycles. The maximum atomic E-state index is 10.5. The van der Waals surface area contributed by atoms with Crippen LogP contribution in [0.4, 0.5) is 0 Å². The van der Waals surface area contributed by atoms with Gasteiger partial charge in [-0.2, -0.15) is 0 Å². The summed E-state index contributed by atoms with van der Waals surface area (Å²) < 4.78 is 5.34. The fourth-order valence-corrected chi connectivity index (χ4v) is 2.32. The lowest BCUT2D eigenvalue weighted by Crippen LogP contribution is -2.36. The zero-order chi connectivity index (χ0) is 10.4. The van der Waals surface area contributed by atoms with E-state index in [9.17, 15) is 4.79 Å². The van der Waals surface area contributed by atoms with Crippen molar-refractivity contribution < 1.29 is 9.53 Å². The molecule has 0 aromatic carbocycles. The highest BCUT2D eigenvalue weighted by molar-refractivity contribution is 5.38. The van der Waals surface area contributed by atoms with E-state index in [4.69, 9.17) is 4.74 Å². The molecule has 0 saturated heterocycles. The molecular weight excluding hydrogens is 176 g/mol. The summed E-state index contributed by atoms with van der Waals surface area (Å²) in [5, 5.41) is 0. The van der Waals surface area contributed by atoms with Gasteiger partial charge in [0.05, 0.1) is 0 Å². The fourth-order valence-electron chi connectivity index (χ4n) is 2.32. The number of rotatable bonds is 5. The van der Waals surface area contributed by atoms with E-state index >= 15 is 0 Å². The molecule has 1 saturated carbocycles. The molecule has 0 bridgehead atoms. The van der Waals surface area contributed by atoms with Gasteiger partial charge in [0.25, 0.3) is 6.47 Å². The van der Waals surface area contributed by atoms with E-state index in [1.54, 1.807) is 0 Å². The summed E-state index contributed by atoms with van der Waals surface area (Å²) in [5.74, 6) is 0.806.